The number of carboxylic acids is 1. The number of rotatable bonds is 4. The molecule has 0 bridgehead atoms. The van der Waals surface area contributed by atoms with Crippen LogP contribution in [0, 0.1) is 6.92 Å². The molecular weight excluding hydrogens is 214 g/mol. The number of aryl methyl sites for hydroxylation is 1. The number of aliphatic carboxylic acids is 1. The van der Waals surface area contributed by atoms with Crippen LogP contribution in [0.15, 0.2) is 24.3 Å². The highest BCUT2D eigenvalue weighted by molar-refractivity contribution is 5.73. The summed E-state index contributed by atoms with van der Waals surface area (Å²) < 4.78 is 0. The van der Waals surface area contributed by atoms with E-state index in [1.165, 1.54) is 11.1 Å². The van der Waals surface area contributed by atoms with Crippen LogP contribution in [-0.2, 0) is 11.2 Å². The fraction of sp³-hybridized carbons (Fsp3) is 0.500. The normalized spacial score (nSPS) is 20.6. The van der Waals surface area contributed by atoms with E-state index in [2.05, 4.69) is 36.1 Å². The zero-order valence-corrected chi connectivity index (χ0v) is 10.2. The van der Waals surface area contributed by atoms with Gasteiger partial charge < -0.3 is 5.11 Å². The maximum absolute atomic E-state index is 11.0. The van der Waals surface area contributed by atoms with Crippen LogP contribution in [0.25, 0.3) is 0 Å². The number of benzene rings is 1. The first-order valence-electron chi connectivity index (χ1n) is 6.19. The maximum atomic E-state index is 11.0. The smallest absolute Gasteiger partial charge is 0.320 e. The Kier molecular flexibility index (Phi) is 3.79. The van der Waals surface area contributed by atoms with E-state index in [1.807, 2.05) is 0 Å². The van der Waals surface area contributed by atoms with Crippen LogP contribution < -0.4 is 0 Å². The molecule has 0 unspecified atom stereocenters. The average molecular weight is 233 g/mol. The molecule has 1 N–H and O–H groups in total. The quantitative estimate of drug-likeness (QED) is 0.865. The van der Waals surface area contributed by atoms with Crippen LogP contribution in [0.4, 0.5) is 0 Å². The van der Waals surface area contributed by atoms with Crippen molar-refractivity contribution in [2.75, 3.05) is 13.1 Å². The molecule has 1 aliphatic heterocycles. The van der Waals surface area contributed by atoms with Crippen LogP contribution in [0.5, 0.6) is 0 Å². The second-order valence-corrected chi connectivity index (χ2v) is 4.77. The third kappa shape index (κ3) is 3.07. The minimum Gasteiger partial charge on any atom is -0.480 e. The van der Waals surface area contributed by atoms with Gasteiger partial charge in [-0.1, -0.05) is 29.8 Å². The number of hydrogen-bond donors (Lipinski definition) is 1. The molecule has 0 aromatic heterocycles. The minimum absolute atomic E-state index is 0.264. The summed E-state index contributed by atoms with van der Waals surface area (Å²) in [7, 11) is 0. The van der Waals surface area contributed by atoms with Gasteiger partial charge in [-0.25, -0.2) is 0 Å². The van der Waals surface area contributed by atoms with Gasteiger partial charge in [-0.3, -0.25) is 9.69 Å². The lowest BCUT2D eigenvalue weighted by atomic mass is 10.1. The number of likely N-dealkylation sites (tertiary alicyclic amines) is 1. The third-order valence-electron chi connectivity index (χ3n) is 3.42. The number of carboxylic acid groups (broad SMARTS) is 1. The van der Waals surface area contributed by atoms with Gasteiger partial charge in [0.15, 0.2) is 0 Å². The third-order valence-corrected chi connectivity index (χ3v) is 3.42. The van der Waals surface area contributed by atoms with E-state index < -0.39 is 5.97 Å². The van der Waals surface area contributed by atoms with Gasteiger partial charge in [-0.05, 0) is 38.3 Å². The first-order chi connectivity index (χ1) is 8.16. The second-order valence-electron chi connectivity index (χ2n) is 4.77. The van der Waals surface area contributed by atoms with Gasteiger partial charge >= 0.3 is 5.97 Å². The molecule has 0 amide bonds. The van der Waals surface area contributed by atoms with Crippen molar-refractivity contribution < 1.29 is 9.90 Å². The summed E-state index contributed by atoms with van der Waals surface area (Å²) in [4.78, 5) is 13.1. The van der Waals surface area contributed by atoms with E-state index >= 15 is 0 Å². The number of nitrogens with zero attached hydrogens (tertiary/aromatic N) is 1. The summed E-state index contributed by atoms with van der Waals surface area (Å²) in [5.41, 5.74) is 2.56. The summed E-state index contributed by atoms with van der Waals surface area (Å²) in [5, 5.41) is 9.08. The molecule has 17 heavy (non-hydrogen) atoms. The zero-order valence-electron chi connectivity index (χ0n) is 10.2. The monoisotopic (exact) mass is 233 g/mol. The lowest BCUT2D eigenvalue weighted by molar-refractivity contribution is -0.142. The fourth-order valence-corrected chi connectivity index (χ4v) is 2.51. The Morgan fingerprint density at radius 2 is 2.35 bits per heavy atom. The Bertz CT molecular complexity index is 403. The molecule has 0 saturated carbocycles. The van der Waals surface area contributed by atoms with Crippen molar-refractivity contribution in [1.82, 2.24) is 4.90 Å². The molecule has 1 aromatic rings. The predicted molar refractivity (Wildman–Crippen MR) is 67.1 cm³/mol. The topological polar surface area (TPSA) is 40.5 Å². The lowest BCUT2D eigenvalue weighted by Crippen LogP contribution is -2.37. The largest absolute Gasteiger partial charge is 0.480 e. The first kappa shape index (κ1) is 12.1. The molecule has 0 spiro atoms. The average Bonchev–Trinajstić information content (AvgIpc) is 2.74. The molecule has 1 atom stereocenters. The van der Waals surface area contributed by atoms with E-state index in [1.54, 1.807) is 0 Å². The molecule has 1 saturated heterocycles. The Hall–Kier alpha value is -1.35. The van der Waals surface area contributed by atoms with Crippen molar-refractivity contribution in [1.29, 1.82) is 0 Å². The zero-order chi connectivity index (χ0) is 12.3. The van der Waals surface area contributed by atoms with E-state index in [0.29, 0.717) is 0 Å². The molecule has 92 valence electrons. The van der Waals surface area contributed by atoms with Crippen LogP contribution in [-0.4, -0.2) is 35.1 Å². The summed E-state index contributed by atoms with van der Waals surface area (Å²) in [6.45, 7) is 3.85. The molecule has 1 heterocycles. The van der Waals surface area contributed by atoms with E-state index in [4.69, 9.17) is 5.11 Å². The highest BCUT2D eigenvalue weighted by atomic mass is 16.4. The Labute approximate surface area is 102 Å². The van der Waals surface area contributed by atoms with Gasteiger partial charge in [0.1, 0.15) is 6.04 Å². The molecule has 1 aromatic carbocycles. The van der Waals surface area contributed by atoms with Crippen LogP contribution in [0.1, 0.15) is 24.0 Å². The standard InChI is InChI=1S/C14H19NO2/c1-11-4-2-5-12(10-11)7-9-15-8-3-6-13(15)14(16)17/h2,4-5,10,13H,3,6-9H2,1H3,(H,16,17)/t13-/m0/s1. The summed E-state index contributed by atoms with van der Waals surface area (Å²) in [5.74, 6) is -0.674. The Balaban J connectivity index is 1.91. The van der Waals surface area contributed by atoms with Crippen LogP contribution >= 0.6 is 0 Å². The van der Waals surface area contributed by atoms with Crippen molar-refractivity contribution in [3.05, 3.63) is 35.4 Å². The van der Waals surface area contributed by atoms with E-state index in [-0.39, 0.29) is 6.04 Å². The SMILES string of the molecule is Cc1cccc(CCN2CCC[C@H]2C(=O)O)c1. The van der Waals surface area contributed by atoms with Gasteiger partial charge in [0, 0.05) is 6.54 Å². The number of carbonyl (C=O) groups is 1. The Morgan fingerprint density at radius 1 is 1.53 bits per heavy atom. The van der Waals surface area contributed by atoms with Gasteiger partial charge in [0.05, 0.1) is 0 Å². The van der Waals surface area contributed by atoms with E-state index in [0.717, 1.165) is 32.4 Å². The van der Waals surface area contributed by atoms with Gasteiger partial charge in [0.25, 0.3) is 0 Å². The summed E-state index contributed by atoms with van der Waals surface area (Å²) >= 11 is 0. The van der Waals surface area contributed by atoms with Gasteiger partial charge in [-0.2, -0.15) is 0 Å². The van der Waals surface area contributed by atoms with Gasteiger partial charge in [-0.15, -0.1) is 0 Å². The van der Waals surface area contributed by atoms with Crippen molar-refractivity contribution >= 4 is 5.97 Å². The Morgan fingerprint density at radius 3 is 3.06 bits per heavy atom. The molecule has 3 nitrogen and oxygen atoms in total. The molecule has 1 fully saturated rings. The van der Waals surface area contributed by atoms with Crippen LogP contribution in [0.3, 0.4) is 0 Å². The summed E-state index contributed by atoms with van der Waals surface area (Å²) in [6.07, 6.45) is 2.74. The highest BCUT2D eigenvalue weighted by Crippen LogP contribution is 2.18. The van der Waals surface area contributed by atoms with Crippen molar-refractivity contribution in [3.63, 3.8) is 0 Å². The maximum Gasteiger partial charge on any atom is 0.320 e. The molecule has 0 aliphatic carbocycles. The second kappa shape index (κ2) is 5.32. The predicted octanol–water partition coefficient (Wildman–Crippen LogP) is 2.09. The first-order valence-corrected chi connectivity index (χ1v) is 6.19. The highest BCUT2D eigenvalue weighted by Gasteiger charge is 2.29. The van der Waals surface area contributed by atoms with E-state index in [9.17, 15) is 4.79 Å². The lowest BCUT2D eigenvalue weighted by Gasteiger charge is -2.20. The molecule has 2 rings (SSSR count). The fourth-order valence-electron chi connectivity index (χ4n) is 2.51. The van der Waals surface area contributed by atoms with Crippen molar-refractivity contribution in [3.8, 4) is 0 Å². The van der Waals surface area contributed by atoms with Crippen molar-refractivity contribution in [2.45, 2.75) is 32.2 Å². The minimum atomic E-state index is -0.674. The van der Waals surface area contributed by atoms with Gasteiger partial charge in [0.2, 0.25) is 0 Å². The molecule has 0 radical (unpaired) electrons. The molecule has 3 heteroatoms. The molecule has 1 aliphatic rings. The van der Waals surface area contributed by atoms with Crippen molar-refractivity contribution in [2.24, 2.45) is 0 Å². The van der Waals surface area contributed by atoms with Crippen LogP contribution in [0.2, 0.25) is 0 Å². The summed E-state index contributed by atoms with van der Waals surface area (Å²) in [6, 6.07) is 8.16. The number of hydrogen-bond acceptors (Lipinski definition) is 2. The molecular formula is C14H19NO2.